The van der Waals surface area contributed by atoms with Gasteiger partial charge in [-0.25, -0.2) is 0 Å². The molecule has 1 rings (SSSR count). The predicted molar refractivity (Wildman–Crippen MR) is 64.2 cm³/mol. The van der Waals surface area contributed by atoms with E-state index in [0.29, 0.717) is 5.32 Å². The summed E-state index contributed by atoms with van der Waals surface area (Å²) in [6, 6.07) is 6.36. The van der Waals surface area contributed by atoms with E-state index in [1.165, 1.54) is 19.1 Å². The van der Waals surface area contributed by atoms with E-state index >= 15 is 0 Å². The summed E-state index contributed by atoms with van der Waals surface area (Å²) >= 11 is -0.171. The third kappa shape index (κ3) is 4.58. The fraction of sp³-hybridized carbons (Fsp3) is 0.250. The second-order valence-electron chi connectivity index (χ2n) is 3.17. The van der Waals surface area contributed by atoms with E-state index in [2.05, 4.69) is 0 Å². The van der Waals surface area contributed by atoms with Crippen molar-refractivity contribution < 1.29 is 19.1 Å². The second kappa shape index (κ2) is 7.49. The van der Waals surface area contributed by atoms with Crippen molar-refractivity contribution in [1.82, 2.24) is 0 Å². The number of rotatable bonds is 5. The Morgan fingerprint density at radius 3 is 2.78 bits per heavy atom. The van der Waals surface area contributed by atoms with Crippen LogP contribution in [-0.4, -0.2) is 33.5 Å². The number of benzene rings is 1. The molecular formula is C12H11NO4Se. The Morgan fingerprint density at radius 2 is 2.11 bits per heavy atom. The fourth-order valence-corrected chi connectivity index (χ4v) is 1.72. The van der Waals surface area contributed by atoms with Gasteiger partial charge >= 0.3 is 111 Å². The molecule has 0 saturated carbocycles. The summed E-state index contributed by atoms with van der Waals surface area (Å²) in [5.41, 5.74) is 0.206. The molecule has 0 aromatic heterocycles. The van der Waals surface area contributed by atoms with Crippen molar-refractivity contribution in [2.24, 2.45) is 0 Å². The van der Waals surface area contributed by atoms with Gasteiger partial charge in [0.05, 0.1) is 0 Å². The normalized spacial score (nSPS) is 9.33. The summed E-state index contributed by atoms with van der Waals surface area (Å²) in [6.45, 7) is 1.46. The van der Waals surface area contributed by atoms with E-state index in [0.717, 1.165) is 0 Å². The van der Waals surface area contributed by atoms with Gasteiger partial charge in [0, 0.05) is 0 Å². The Morgan fingerprint density at radius 1 is 1.39 bits per heavy atom. The maximum atomic E-state index is 11.7. The molecule has 0 spiro atoms. The molecule has 0 aliphatic rings. The number of para-hydroxylation sites is 1. The van der Waals surface area contributed by atoms with Crippen LogP contribution in [0.25, 0.3) is 0 Å². The zero-order valence-electron chi connectivity index (χ0n) is 9.71. The summed E-state index contributed by atoms with van der Waals surface area (Å²) in [4.78, 5) is 24.6. The standard InChI is InChI=1S/C12H11NO4Se/c1-9(14)17-11-5-3-2-4-10(11)12(15)16-6-7-18-8-13/h2-5H,6-7H2,1H3. The summed E-state index contributed by atoms with van der Waals surface area (Å²) in [5, 5.41) is 8.92. The Kier molecular flexibility index (Phi) is 5.92. The molecule has 0 aliphatic carbocycles. The van der Waals surface area contributed by atoms with Crippen LogP contribution in [0.3, 0.4) is 0 Å². The van der Waals surface area contributed by atoms with Gasteiger partial charge in [-0.1, -0.05) is 0 Å². The van der Waals surface area contributed by atoms with Gasteiger partial charge in [-0.15, -0.1) is 0 Å². The van der Waals surface area contributed by atoms with Crippen molar-refractivity contribution in [1.29, 1.82) is 5.26 Å². The van der Waals surface area contributed by atoms with Crippen LogP contribution in [0.4, 0.5) is 0 Å². The molecule has 18 heavy (non-hydrogen) atoms. The number of ether oxygens (including phenoxy) is 2. The molecule has 0 fully saturated rings. The van der Waals surface area contributed by atoms with Crippen LogP contribution in [0.1, 0.15) is 17.3 Å². The molecule has 0 amide bonds. The number of nitriles is 1. The van der Waals surface area contributed by atoms with E-state index in [9.17, 15) is 9.59 Å². The third-order valence-electron chi connectivity index (χ3n) is 1.84. The van der Waals surface area contributed by atoms with Crippen LogP contribution in [0.5, 0.6) is 5.75 Å². The van der Waals surface area contributed by atoms with Crippen molar-refractivity contribution in [3.63, 3.8) is 0 Å². The SMILES string of the molecule is CC(=O)Oc1ccccc1C(=O)OCC[Se]C#N. The summed E-state index contributed by atoms with van der Waals surface area (Å²) in [7, 11) is 0. The zero-order chi connectivity index (χ0) is 13.4. The summed E-state index contributed by atoms with van der Waals surface area (Å²) < 4.78 is 9.89. The van der Waals surface area contributed by atoms with Crippen LogP contribution in [0.15, 0.2) is 24.3 Å². The fourth-order valence-electron chi connectivity index (χ4n) is 1.18. The number of hydrogen-bond acceptors (Lipinski definition) is 5. The Labute approximate surface area is 111 Å². The van der Waals surface area contributed by atoms with E-state index < -0.39 is 11.9 Å². The number of hydrogen-bond donors (Lipinski definition) is 0. The van der Waals surface area contributed by atoms with Crippen molar-refractivity contribution >= 4 is 26.9 Å². The first-order valence-corrected chi connectivity index (χ1v) is 7.17. The van der Waals surface area contributed by atoms with Crippen LogP contribution >= 0.6 is 0 Å². The molecule has 0 radical (unpaired) electrons. The molecule has 0 saturated heterocycles. The summed E-state index contributed by atoms with van der Waals surface area (Å²) in [5.74, 6) is -0.871. The van der Waals surface area contributed by atoms with Crippen molar-refractivity contribution in [3.8, 4) is 10.7 Å². The van der Waals surface area contributed by atoms with Gasteiger partial charge in [0.1, 0.15) is 0 Å². The average Bonchev–Trinajstić information content (AvgIpc) is 2.34. The zero-order valence-corrected chi connectivity index (χ0v) is 11.4. The minimum absolute atomic E-state index is 0.171. The van der Waals surface area contributed by atoms with E-state index in [1.807, 2.05) is 4.97 Å². The number of esters is 2. The van der Waals surface area contributed by atoms with Crippen molar-refractivity contribution in [3.05, 3.63) is 29.8 Å². The topological polar surface area (TPSA) is 76.4 Å². The van der Waals surface area contributed by atoms with Crippen molar-refractivity contribution in [2.45, 2.75) is 12.2 Å². The van der Waals surface area contributed by atoms with Gasteiger partial charge in [-0.2, -0.15) is 0 Å². The van der Waals surface area contributed by atoms with Crippen molar-refractivity contribution in [2.75, 3.05) is 6.61 Å². The Balaban J connectivity index is 2.67. The van der Waals surface area contributed by atoms with Gasteiger partial charge in [-0.3, -0.25) is 0 Å². The van der Waals surface area contributed by atoms with Gasteiger partial charge in [0.2, 0.25) is 0 Å². The Hall–Kier alpha value is -1.83. The first-order chi connectivity index (χ1) is 8.65. The van der Waals surface area contributed by atoms with Crippen LogP contribution in [-0.2, 0) is 9.53 Å². The van der Waals surface area contributed by atoms with E-state index in [-0.39, 0.29) is 32.9 Å². The third-order valence-corrected chi connectivity index (χ3v) is 2.89. The van der Waals surface area contributed by atoms with Gasteiger partial charge in [-0.05, 0) is 0 Å². The molecule has 0 heterocycles. The first-order valence-electron chi connectivity index (χ1n) is 5.10. The molecule has 94 valence electrons. The second-order valence-corrected chi connectivity index (χ2v) is 5.01. The van der Waals surface area contributed by atoms with Crippen LogP contribution in [0, 0.1) is 10.2 Å². The van der Waals surface area contributed by atoms with Gasteiger partial charge in [0.15, 0.2) is 0 Å². The summed E-state index contributed by atoms with van der Waals surface area (Å²) in [6.07, 6.45) is 0. The molecule has 0 unspecified atom stereocenters. The van der Waals surface area contributed by atoms with Gasteiger partial charge < -0.3 is 0 Å². The number of carbonyl (C=O) groups excluding carboxylic acids is 2. The molecule has 0 N–H and O–H groups in total. The van der Waals surface area contributed by atoms with Crippen LogP contribution in [0.2, 0.25) is 5.32 Å². The molecule has 0 aliphatic heterocycles. The molecular weight excluding hydrogens is 301 g/mol. The molecule has 0 atom stereocenters. The van der Waals surface area contributed by atoms with Crippen LogP contribution < -0.4 is 4.74 Å². The molecule has 6 heteroatoms. The number of nitrogens with zero attached hydrogens (tertiary/aromatic N) is 1. The molecule has 1 aromatic carbocycles. The molecule has 0 bridgehead atoms. The minimum atomic E-state index is -0.555. The predicted octanol–water partition coefficient (Wildman–Crippen LogP) is 1.37. The first kappa shape index (κ1) is 14.2. The Bertz CT molecular complexity index is 481. The monoisotopic (exact) mass is 313 g/mol. The molecule has 5 nitrogen and oxygen atoms in total. The van der Waals surface area contributed by atoms with E-state index in [1.54, 1.807) is 12.1 Å². The van der Waals surface area contributed by atoms with E-state index in [4.69, 9.17) is 14.7 Å². The quantitative estimate of drug-likeness (QED) is 0.355. The maximum absolute atomic E-state index is 11.7. The molecule has 1 aromatic rings. The number of carbonyl (C=O) groups is 2. The average molecular weight is 312 g/mol. The van der Waals surface area contributed by atoms with Gasteiger partial charge in [0.25, 0.3) is 0 Å².